The molecule has 20 heavy (non-hydrogen) atoms. The molecular weight excluding hydrogens is 250 g/mol. The summed E-state index contributed by atoms with van der Waals surface area (Å²) in [6.07, 6.45) is 5.89. The van der Waals surface area contributed by atoms with Crippen molar-refractivity contribution in [1.82, 2.24) is 5.32 Å². The quantitative estimate of drug-likeness (QED) is 0.896. The van der Waals surface area contributed by atoms with Crippen molar-refractivity contribution in [2.75, 3.05) is 26.9 Å². The molecule has 0 bridgehead atoms. The number of aryl methyl sites for hydroxylation is 1. The summed E-state index contributed by atoms with van der Waals surface area (Å²) < 4.78 is 11.2. The molecule has 0 radical (unpaired) electrons. The zero-order valence-electron chi connectivity index (χ0n) is 12.4. The first-order valence-corrected chi connectivity index (χ1v) is 7.86. The maximum Gasteiger partial charge on any atom is 0.122 e. The number of hydrogen-bond acceptors (Lipinski definition) is 3. The lowest BCUT2D eigenvalue weighted by atomic mass is 9.89. The standard InChI is InChI=1S/C17H25NO2/c1-18-16(15-3-2-9-19-12-15)6-4-13-5-7-17-14(11-13)8-10-20-17/h5,7,11,15-16,18H,2-4,6,8-10,12H2,1H3. The monoisotopic (exact) mass is 275 g/mol. The van der Waals surface area contributed by atoms with E-state index in [0.717, 1.165) is 38.4 Å². The first kappa shape index (κ1) is 13.9. The SMILES string of the molecule is CNC(CCc1ccc2c(c1)CCO2)C1CCCOC1. The van der Waals surface area contributed by atoms with Crippen LogP contribution in [-0.4, -0.2) is 32.9 Å². The van der Waals surface area contributed by atoms with Crippen LogP contribution in [0.1, 0.15) is 30.4 Å². The van der Waals surface area contributed by atoms with Crippen LogP contribution in [0.3, 0.4) is 0 Å². The first-order valence-electron chi connectivity index (χ1n) is 7.86. The molecule has 0 amide bonds. The van der Waals surface area contributed by atoms with Crippen LogP contribution in [0.15, 0.2) is 18.2 Å². The topological polar surface area (TPSA) is 30.5 Å². The van der Waals surface area contributed by atoms with Crippen molar-refractivity contribution in [3.05, 3.63) is 29.3 Å². The Bertz CT molecular complexity index is 441. The summed E-state index contributed by atoms with van der Waals surface area (Å²) >= 11 is 0. The van der Waals surface area contributed by atoms with Crippen LogP contribution in [0.5, 0.6) is 5.75 Å². The van der Waals surface area contributed by atoms with Gasteiger partial charge in [-0.05, 0) is 55.8 Å². The van der Waals surface area contributed by atoms with Crippen LogP contribution in [0.2, 0.25) is 0 Å². The van der Waals surface area contributed by atoms with Gasteiger partial charge in [0.25, 0.3) is 0 Å². The number of fused-ring (bicyclic) bond motifs is 1. The highest BCUT2D eigenvalue weighted by atomic mass is 16.5. The summed E-state index contributed by atoms with van der Waals surface area (Å²) in [5, 5.41) is 3.49. The highest BCUT2D eigenvalue weighted by molar-refractivity contribution is 5.39. The molecule has 2 unspecified atom stereocenters. The van der Waals surface area contributed by atoms with E-state index in [0.29, 0.717) is 12.0 Å². The maximum absolute atomic E-state index is 5.62. The van der Waals surface area contributed by atoms with Gasteiger partial charge >= 0.3 is 0 Å². The van der Waals surface area contributed by atoms with Crippen molar-refractivity contribution in [1.29, 1.82) is 0 Å². The minimum Gasteiger partial charge on any atom is -0.493 e. The third-order valence-corrected chi connectivity index (χ3v) is 4.63. The Morgan fingerprint density at radius 3 is 3.10 bits per heavy atom. The molecule has 0 spiro atoms. The molecule has 0 saturated carbocycles. The lowest BCUT2D eigenvalue weighted by Crippen LogP contribution is -2.38. The van der Waals surface area contributed by atoms with E-state index in [1.54, 1.807) is 0 Å². The van der Waals surface area contributed by atoms with Crippen LogP contribution in [0, 0.1) is 5.92 Å². The molecule has 3 rings (SSSR count). The summed E-state index contributed by atoms with van der Waals surface area (Å²) in [5.41, 5.74) is 2.82. The number of hydrogen-bond donors (Lipinski definition) is 1. The Morgan fingerprint density at radius 1 is 1.35 bits per heavy atom. The Balaban J connectivity index is 1.57. The molecule has 1 aromatic carbocycles. The minimum atomic E-state index is 0.569. The normalized spacial score (nSPS) is 23.1. The fourth-order valence-corrected chi connectivity index (χ4v) is 3.42. The number of ether oxygens (including phenoxy) is 2. The van der Waals surface area contributed by atoms with Crippen LogP contribution >= 0.6 is 0 Å². The second-order valence-electron chi connectivity index (χ2n) is 5.95. The third-order valence-electron chi connectivity index (χ3n) is 4.63. The fourth-order valence-electron chi connectivity index (χ4n) is 3.42. The van der Waals surface area contributed by atoms with E-state index in [1.165, 1.54) is 30.4 Å². The van der Waals surface area contributed by atoms with Crippen LogP contribution in [0.4, 0.5) is 0 Å². The highest BCUT2D eigenvalue weighted by Crippen LogP contribution is 2.27. The summed E-state index contributed by atoms with van der Waals surface area (Å²) in [5.74, 6) is 1.76. The summed E-state index contributed by atoms with van der Waals surface area (Å²) in [6.45, 7) is 2.71. The van der Waals surface area contributed by atoms with Crippen molar-refractivity contribution in [2.24, 2.45) is 5.92 Å². The predicted octanol–water partition coefficient (Wildman–Crippen LogP) is 2.57. The van der Waals surface area contributed by atoms with E-state index in [9.17, 15) is 0 Å². The molecule has 0 aromatic heterocycles. The molecule has 1 saturated heterocycles. The molecule has 3 nitrogen and oxygen atoms in total. The highest BCUT2D eigenvalue weighted by Gasteiger charge is 2.22. The summed E-state index contributed by atoms with van der Waals surface area (Å²) in [4.78, 5) is 0. The van der Waals surface area contributed by atoms with E-state index in [4.69, 9.17) is 9.47 Å². The fraction of sp³-hybridized carbons (Fsp3) is 0.647. The van der Waals surface area contributed by atoms with Gasteiger partial charge in [0.15, 0.2) is 0 Å². The van der Waals surface area contributed by atoms with E-state index in [1.807, 2.05) is 0 Å². The van der Waals surface area contributed by atoms with Crippen LogP contribution in [-0.2, 0) is 17.6 Å². The van der Waals surface area contributed by atoms with E-state index >= 15 is 0 Å². The smallest absolute Gasteiger partial charge is 0.122 e. The molecule has 3 heteroatoms. The first-order chi connectivity index (χ1) is 9.86. The lowest BCUT2D eigenvalue weighted by molar-refractivity contribution is 0.0392. The van der Waals surface area contributed by atoms with E-state index < -0.39 is 0 Å². The van der Waals surface area contributed by atoms with Gasteiger partial charge in [-0.25, -0.2) is 0 Å². The van der Waals surface area contributed by atoms with Crippen molar-refractivity contribution in [2.45, 2.75) is 38.1 Å². The molecule has 0 aliphatic carbocycles. The molecule has 1 aromatic rings. The Hall–Kier alpha value is -1.06. The maximum atomic E-state index is 5.62. The van der Waals surface area contributed by atoms with Crippen molar-refractivity contribution < 1.29 is 9.47 Å². The summed E-state index contributed by atoms with van der Waals surface area (Å²) in [7, 11) is 2.08. The number of rotatable bonds is 5. The molecule has 1 N–H and O–H groups in total. The van der Waals surface area contributed by atoms with Gasteiger partial charge in [-0.2, -0.15) is 0 Å². The third kappa shape index (κ3) is 3.15. The van der Waals surface area contributed by atoms with Gasteiger partial charge in [0.2, 0.25) is 0 Å². The lowest BCUT2D eigenvalue weighted by Gasteiger charge is -2.30. The summed E-state index contributed by atoms with van der Waals surface area (Å²) in [6, 6.07) is 7.25. The van der Waals surface area contributed by atoms with E-state index in [2.05, 4.69) is 30.6 Å². The van der Waals surface area contributed by atoms with Gasteiger partial charge in [-0.1, -0.05) is 12.1 Å². The van der Waals surface area contributed by atoms with Gasteiger partial charge in [0.05, 0.1) is 13.2 Å². The Kier molecular flexibility index (Phi) is 4.58. The van der Waals surface area contributed by atoms with Crippen molar-refractivity contribution >= 4 is 0 Å². The average Bonchev–Trinajstić information content (AvgIpc) is 2.96. The minimum absolute atomic E-state index is 0.569. The zero-order valence-corrected chi connectivity index (χ0v) is 12.4. The van der Waals surface area contributed by atoms with Crippen LogP contribution in [0.25, 0.3) is 0 Å². The Morgan fingerprint density at radius 2 is 2.30 bits per heavy atom. The zero-order chi connectivity index (χ0) is 13.8. The molecule has 2 aliphatic rings. The molecule has 1 fully saturated rings. The Labute approximate surface area is 121 Å². The van der Waals surface area contributed by atoms with Gasteiger partial charge in [0, 0.05) is 19.1 Å². The van der Waals surface area contributed by atoms with Crippen molar-refractivity contribution in [3.8, 4) is 5.75 Å². The number of benzene rings is 1. The largest absolute Gasteiger partial charge is 0.493 e. The number of nitrogens with one attached hydrogen (secondary N) is 1. The van der Waals surface area contributed by atoms with Crippen molar-refractivity contribution in [3.63, 3.8) is 0 Å². The van der Waals surface area contributed by atoms with Gasteiger partial charge < -0.3 is 14.8 Å². The molecule has 2 heterocycles. The molecule has 2 aliphatic heterocycles. The van der Waals surface area contributed by atoms with E-state index in [-0.39, 0.29) is 0 Å². The predicted molar refractivity (Wildman–Crippen MR) is 80.4 cm³/mol. The second kappa shape index (κ2) is 6.59. The average molecular weight is 275 g/mol. The molecule has 2 atom stereocenters. The second-order valence-corrected chi connectivity index (χ2v) is 5.95. The van der Waals surface area contributed by atoms with Gasteiger partial charge in [-0.15, -0.1) is 0 Å². The molecule has 110 valence electrons. The van der Waals surface area contributed by atoms with Crippen LogP contribution < -0.4 is 10.1 Å². The molecular formula is C17H25NO2. The van der Waals surface area contributed by atoms with Gasteiger partial charge in [-0.3, -0.25) is 0 Å². The van der Waals surface area contributed by atoms with Gasteiger partial charge in [0.1, 0.15) is 5.75 Å².